The quantitative estimate of drug-likeness (QED) is 0.542. The van der Waals surface area contributed by atoms with Crippen LogP contribution in [0.3, 0.4) is 0 Å². The van der Waals surface area contributed by atoms with Gasteiger partial charge in [0.2, 0.25) is 11.9 Å². The van der Waals surface area contributed by atoms with Gasteiger partial charge in [-0.15, -0.1) is 10.2 Å². The van der Waals surface area contributed by atoms with Crippen LogP contribution in [0, 0.1) is 5.92 Å². The van der Waals surface area contributed by atoms with Crippen molar-refractivity contribution in [2.45, 2.75) is 31.7 Å². The molecule has 0 aromatic carbocycles. The summed E-state index contributed by atoms with van der Waals surface area (Å²) in [4.78, 5) is 26.3. The Morgan fingerprint density at radius 1 is 1.23 bits per heavy atom. The Kier molecular flexibility index (Phi) is 4.57. The van der Waals surface area contributed by atoms with Crippen molar-refractivity contribution in [3.63, 3.8) is 0 Å². The van der Waals surface area contributed by atoms with Gasteiger partial charge in [-0.3, -0.25) is 9.20 Å². The van der Waals surface area contributed by atoms with Crippen LogP contribution in [0.25, 0.3) is 27.8 Å². The summed E-state index contributed by atoms with van der Waals surface area (Å²) in [5.74, 6) is 0.984. The van der Waals surface area contributed by atoms with Gasteiger partial charge in [-0.1, -0.05) is 0 Å². The zero-order valence-electron chi connectivity index (χ0n) is 17.0. The number of aromatic amines is 1. The molecule has 2 N–H and O–H groups in total. The second-order valence-corrected chi connectivity index (χ2v) is 8.10. The first-order valence-corrected chi connectivity index (χ1v) is 10.2. The maximum atomic E-state index is 12.2. The van der Waals surface area contributed by atoms with Gasteiger partial charge in [0.25, 0.3) is 0 Å². The molecule has 1 aliphatic carbocycles. The van der Waals surface area contributed by atoms with E-state index in [1.54, 1.807) is 11.2 Å². The maximum Gasteiger partial charge on any atom is 0.225 e. The Morgan fingerprint density at radius 3 is 2.87 bits per heavy atom. The average molecular weight is 404 g/mol. The van der Waals surface area contributed by atoms with Crippen molar-refractivity contribution in [2.75, 3.05) is 19.4 Å². The fraction of sp³-hybridized carbons (Fsp3) is 0.381. The number of hydrogen-bond acceptors (Lipinski definition) is 6. The molecular weight excluding hydrogens is 380 g/mol. The molecule has 0 unspecified atom stereocenters. The lowest BCUT2D eigenvalue weighted by Gasteiger charge is -2.29. The molecule has 9 nitrogen and oxygen atoms in total. The third kappa shape index (κ3) is 3.36. The highest BCUT2D eigenvalue weighted by Crippen LogP contribution is 2.30. The van der Waals surface area contributed by atoms with Crippen molar-refractivity contribution in [1.29, 1.82) is 0 Å². The van der Waals surface area contributed by atoms with Crippen LogP contribution < -0.4 is 5.32 Å². The summed E-state index contributed by atoms with van der Waals surface area (Å²) in [5.41, 5.74) is 3.68. The number of pyridine rings is 1. The first-order valence-electron chi connectivity index (χ1n) is 10.2. The number of amides is 1. The number of carbonyl (C=O) groups is 1. The molecular formula is C21H24N8O. The Bertz CT molecular complexity index is 1200. The van der Waals surface area contributed by atoms with E-state index in [-0.39, 0.29) is 11.8 Å². The molecule has 4 heterocycles. The van der Waals surface area contributed by atoms with Crippen LogP contribution in [0.15, 0.2) is 37.1 Å². The maximum absolute atomic E-state index is 12.2. The summed E-state index contributed by atoms with van der Waals surface area (Å²) >= 11 is 0. The smallest absolute Gasteiger partial charge is 0.225 e. The zero-order valence-corrected chi connectivity index (χ0v) is 17.0. The second kappa shape index (κ2) is 7.40. The van der Waals surface area contributed by atoms with E-state index in [4.69, 9.17) is 0 Å². The first-order chi connectivity index (χ1) is 14.6. The van der Waals surface area contributed by atoms with Gasteiger partial charge in [0.1, 0.15) is 12.0 Å². The Hall–Kier alpha value is -3.49. The molecule has 1 saturated carbocycles. The van der Waals surface area contributed by atoms with Crippen LogP contribution in [-0.4, -0.2) is 60.5 Å². The third-order valence-corrected chi connectivity index (χ3v) is 5.88. The van der Waals surface area contributed by atoms with E-state index in [1.807, 2.05) is 49.2 Å². The highest BCUT2D eigenvalue weighted by atomic mass is 16.2. The molecule has 4 aromatic rings. The molecule has 1 aliphatic rings. The van der Waals surface area contributed by atoms with E-state index >= 15 is 0 Å². The number of carbonyl (C=O) groups excluding carboxylic acids is 1. The molecule has 30 heavy (non-hydrogen) atoms. The second-order valence-electron chi connectivity index (χ2n) is 8.10. The number of nitrogens with zero attached hydrogens (tertiary/aromatic N) is 6. The van der Waals surface area contributed by atoms with Crippen LogP contribution in [0.5, 0.6) is 0 Å². The fourth-order valence-electron chi connectivity index (χ4n) is 4.23. The molecule has 1 amide bonds. The highest BCUT2D eigenvalue weighted by molar-refractivity contribution is 5.93. The van der Waals surface area contributed by atoms with Gasteiger partial charge in [0.15, 0.2) is 5.65 Å². The van der Waals surface area contributed by atoms with Gasteiger partial charge in [-0.2, -0.15) is 4.98 Å². The third-order valence-electron chi connectivity index (χ3n) is 5.88. The van der Waals surface area contributed by atoms with E-state index in [9.17, 15) is 4.79 Å². The van der Waals surface area contributed by atoms with Crippen molar-refractivity contribution in [2.24, 2.45) is 5.92 Å². The molecule has 5 rings (SSSR count). The van der Waals surface area contributed by atoms with Gasteiger partial charge in [0, 0.05) is 61.2 Å². The normalized spacial score (nSPS) is 19.3. The number of H-pyrrole nitrogens is 1. The zero-order chi connectivity index (χ0) is 20.7. The van der Waals surface area contributed by atoms with Crippen LogP contribution in [0.4, 0.5) is 5.95 Å². The van der Waals surface area contributed by atoms with Crippen molar-refractivity contribution in [1.82, 2.24) is 34.4 Å². The first kappa shape index (κ1) is 18.5. The van der Waals surface area contributed by atoms with Crippen LogP contribution in [0.1, 0.15) is 25.7 Å². The Morgan fingerprint density at radius 2 is 2.07 bits per heavy atom. The summed E-state index contributed by atoms with van der Waals surface area (Å²) in [7, 11) is 3.65. The number of fused-ring (bicyclic) bond motifs is 2. The molecule has 154 valence electrons. The molecule has 0 radical (unpaired) electrons. The Balaban J connectivity index is 1.31. The lowest BCUT2D eigenvalue weighted by atomic mass is 9.85. The molecule has 0 bridgehead atoms. The van der Waals surface area contributed by atoms with Gasteiger partial charge in [-0.05, 0) is 37.8 Å². The minimum absolute atomic E-state index is 0.135. The summed E-state index contributed by atoms with van der Waals surface area (Å²) in [5, 5.41) is 12.4. The van der Waals surface area contributed by atoms with Crippen LogP contribution in [0.2, 0.25) is 0 Å². The number of aromatic nitrogens is 6. The van der Waals surface area contributed by atoms with Gasteiger partial charge in [0.05, 0.1) is 0 Å². The largest absolute Gasteiger partial charge is 0.351 e. The molecule has 9 heteroatoms. The summed E-state index contributed by atoms with van der Waals surface area (Å²) in [6.07, 6.45) is 11.2. The Labute approximate surface area is 173 Å². The number of rotatable bonds is 4. The van der Waals surface area contributed by atoms with Crippen LogP contribution >= 0.6 is 0 Å². The lowest BCUT2D eigenvalue weighted by molar-refractivity contribution is -0.133. The van der Waals surface area contributed by atoms with E-state index in [1.165, 1.54) is 0 Å². The molecule has 0 atom stereocenters. The summed E-state index contributed by atoms with van der Waals surface area (Å²) in [6, 6.07) is 4.25. The van der Waals surface area contributed by atoms with Crippen molar-refractivity contribution in [3.05, 3.63) is 37.1 Å². The number of nitrogens with one attached hydrogen (secondary N) is 2. The SMILES string of the molecule is CN(C)C(=O)C1CCC(Nc2ncc3c(-c4ccc5nncn5c4)c[nH]c3n2)CC1. The fourth-order valence-corrected chi connectivity index (χ4v) is 4.23. The number of hydrogen-bond donors (Lipinski definition) is 2. The van der Waals surface area contributed by atoms with E-state index in [2.05, 4.69) is 30.5 Å². The molecule has 4 aromatic heterocycles. The monoisotopic (exact) mass is 404 g/mol. The molecule has 0 aliphatic heterocycles. The predicted octanol–water partition coefficient (Wildman–Crippen LogP) is 2.73. The summed E-state index contributed by atoms with van der Waals surface area (Å²) < 4.78 is 1.89. The molecule has 0 saturated heterocycles. The molecule has 1 fully saturated rings. The highest BCUT2D eigenvalue weighted by Gasteiger charge is 2.27. The van der Waals surface area contributed by atoms with E-state index < -0.39 is 0 Å². The van der Waals surface area contributed by atoms with Crippen LogP contribution in [-0.2, 0) is 4.79 Å². The predicted molar refractivity (Wildman–Crippen MR) is 114 cm³/mol. The van der Waals surface area contributed by atoms with E-state index in [0.29, 0.717) is 12.0 Å². The minimum atomic E-state index is 0.135. The number of anilines is 1. The average Bonchev–Trinajstić information content (AvgIpc) is 3.39. The topological polar surface area (TPSA) is 104 Å². The summed E-state index contributed by atoms with van der Waals surface area (Å²) in [6.45, 7) is 0. The van der Waals surface area contributed by atoms with Gasteiger partial charge in [-0.25, -0.2) is 4.98 Å². The van der Waals surface area contributed by atoms with Gasteiger partial charge < -0.3 is 15.2 Å². The van der Waals surface area contributed by atoms with Gasteiger partial charge >= 0.3 is 0 Å². The van der Waals surface area contributed by atoms with E-state index in [0.717, 1.165) is 53.5 Å². The van der Waals surface area contributed by atoms with Crippen molar-refractivity contribution < 1.29 is 4.79 Å². The standard InChI is InChI=1S/C21H24N8O/c1-28(2)20(30)13-3-6-15(7-4-13)25-21-23-10-17-16(9-22-19(17)26-21)14-5-8-18-27-24-12-29(18)11-14/h5,8-13,15H,3-4,6-7H2,1-2H3,(H2,22,23,25,26). The van der Waals surface area contributed by atoms with Crippen molar-refractivity contribution >= 4 is 28.5 Å². The minimum Gasteiger partial charge on any atom is -0.351 e. The van der Waals surface area contributed by atoms with Crippen molar-refractivity contribution in [3.8, 4) is 11.1 Å². The lowest BCUT2D eigenvalue weighted by Crippen LogP contribution is -2.35. The molecule has 0 spiro atoms.